The molecule has 186 valence electrons. The zero-order chi connectivity index (χ0) is 22.7. The summed E-state index contributed by atoms with van der Waals surface area (Å²) in [6, 6.07) is 0. The molecule has 0 aliphatic heterocycles. The maximum Gasteiger partial charge on any atom is 0.305 e. The Hall–Kier alpha value is -0.650. The number of ether oxygens (including phenoxy) is 4. The fraction of sp³-hybridized carbons (Fsp3) is 0.962. The van der Waals surface area contributed by atoms with Crippen molar-refractivity contribution in [3.05, 3.63) is 0 Å². The standard InChI is InChI=1S/C26H52O5/c1-3-5-7-9-11-13-15-19-28-22-24-30-25-23-29-20-17-18-26(27)31-21-16-14-12-10-8-6-4-2/h3-25H2,1-2H3. The number of hydrogen-bond donors (Lipinski definition) is 0. The van der Waals surface area contributed by atoms with Gasteiger partial charge in [0.05, 0.1) is 33.0 Å². The summed E-state index contributed by atoms with van der Waals surface area (Å²) in [7, 11) is 0. The van der Waals surface area contributed by atoms with E-state index >= 15 is 0 Å². The predicted octanol–water partition coefficient (Wildman–Crippen LogP) is 6.86. The Bertz CT molecular complexity index is 349. The Labute approximate surface area is 192 Å². The molecule has 0 unspecified atom stereocenters. The molecule has 0 amide bonds. The molecule has 0 spiro atoms. The van der Waals surface area contributed by atoms with E-state index in [2.05, 4.69) is 13.8 Å². The highest BCUT2D eigenvalue weighted by Gasteiger charge is 2.02. The zero-order valence-electron chi connectivity index (χ0n) is 20.8. The fourth-order valence-electron chi connectivity index (χ4n) is 3.34. The molecule has 0 fully saturated rings. The lowest BCUT2D eigenvalue weighted by Gasteiger charge is -2.07. The van der Waals surface area contributed by atoms with Crippen molar-refractivity contribution < 1.29 is 23.7 Å². The summed E-state index contributed by atoms with van der Waals surface area (Å²) in [5.74, 6) is -0.107. The second-order valence-electron chi connectivity index (χ2n) is 8.40. The third-order valence-electron chi connectivity index (χ3n) is 5.32. The molecule has 0 aliphatic carbocycles. The summed E-state index contributed by atoms with van der Waals surface area (Å²) in [6.07, 6.45) is 18.9. The van der Waals surface area contributed by atoms with Crippen LogP contribution in [0.15, 0.2) is 0 Å². The van der Waals surface area contributed by atoms with Gasteiger partial charge in [-0.2, -0.15) is 0 Å². The van der Waals surface area contributed by atoms with Crippen LogP contribution in [0.1, 0.15) is 117 Å². The van der Waals surface area contributed by atoms with Crippen molar-refractivity contribution in [2.24, 2.45) is 0 Å². The molecule has 0 aliphatic rings. The summed E-state index contributed by atoms with van der Waals surface area (Å²) in [4.78, 5) is 11.7. The van der Waals surface area contributed by atoms with Gasteiger partial charge < -0.3 is 18.9 Å². The minimum Gasteiger partial charge on any atom is -0.466 e. The second-order valence-corrected chi connectivity index (χ2v) is 8.40. The first-order valence-electron chi connectivity index (χ1n) is 13.2. The first-order chi connectivity index (χ1) is 15.3. The van der Waals surface area contributed by atoms with Crippen molar-refractivity contribution >= 4 is 5.97 Å². The largest absolute Gasteiger partial charge is 0.466 e. The lowest BCUT2D eigenvalue weighted by Crippen LogP contribution is -2.11. The molecule has 0 rings (SSSR count). The summed E-state index contributed by atoms with van der Waals surface area (Å²) < 4.78 is 21.8. The smallest absolute Gasteiger partial charge is 0.305 e. The number of unbranched alkanes of at least 4 members (excludes halogenated alkanes) is 12. The first kappa shape index (κ1) is 30.4. The minimum atomic E-state index is -0.107. The van der Waals surface area contributed by atoms with E-state index in [1.165, 1.54) is 70.6 Å². The molecule has 0 saturated carbocycles. The average molecular weight is 445 g/mol. The van der Waals surface area contributed by atoms with E-state index in [0.29, 0.717) is 52.5 Å². The molecule has 0 N–H and O–H groups in total. The van der Waals surface area contributed by atoms with Crippen LogP contribution in [0.2, 0.25) is 0 Å². The van der Waals surface area contributed by atoms with Crippen molar-refractivity contribution in [3.8, 4) is 0 Å². The molecule has 0 heterocycles. The maximum atomic E-state index is 11.7. The van der Waals surface area contributed by atoms with E-state index in [-0.39, 0.29) is 5.97 Å². The third kappa shape index (κ3) is 27.3. The highest BCUT2D eigenvalue weighted by molar-refractivity contribution is 5.69. The molecule has 5 heteroatoms. The van der Waals surface area contributed by atoms with Crippen LogP contribution in [-0.4, -0.2) is 52.2 Å². The molecule has 0 radical (unpaired) electrons. The van der Waals surface area contributed by atoms with Gasteiger partial charge in [-0.05, 0) is 19.3 Å². The number of esters is 1. The highest BCUT2D eigenvalue weighted by atomic mass is 16.5. The van der Waals surface area contributed by atoms with Crippen LogP contribution in [0.25, 0.3) is 0 Å². The van der Waals surface area contributed by atoms with E-state index in [1.807, 2.05) is 0 Å². The van der Waals surface area contributed by atoms with Gasteiger partial charge in [0.2, 0.25) is 0 Å². The average Bonchev–Trinajstić information content (AvgIpc) is 2.77. The number of hydrogen-bond acceptors (Lipinski definition) is 5. The number of rotatable bonds is 26. The summed E-state index contributed by atoms with van der Waals surface area (Å²) in [5, 5.41) is 0. The summed E-state index contributed by atoms with van der Waals surface area (Å²) >= 11 is 0. The third-order valence-corrected chi connectivity index (χ3v) is 5.32. The Morgan fingerprint density at radius 1 is 0.452 bits per heavy atom. The van der Waals surface area contributed by atoms with E-state index in [4.69, 9.17) is 18.9 Å². The first-order valence-corrected chi connectivity index (χ1v) is 13.2. The molecular formula is C26H52O5. The Morgan fingerprint density at radius 2 is 0.839 bits per heavy atom. The second kappa shape index (κ2) is 27.4. The highest BCUT2D eigenvalue weighted by Crippen LogP contribution is 2.08. The van der Waals surface area contributed by atoms with E-state index in [9.17, 15) is 4.79 Å². The van der Waals surface area contributed by atoms with Crippen LogP contribution in [0, 0.1) is 0 Å². The van der Waals surface area contributed by atoms with Crippen LogP contribution in [0.4, 0.5) is 0 Å². The SMILES string of the molecule is CCCCCCCCCOCCOCCOCCCC(=O)OCCCCCCCCC. The van der Waals surface area contributed by atoms with Gasteiger partial charge in [0.25, 0.3) is 0 Å². The lowest BCUT2D eigenvalue weighted by molar-refractivity contribution is -0.144. The van der Waals surface area contributed by atoms with Gasteiger partial charge in [-0.3, -0.25) is 4.79 Å². The van der Waals surface area contributed by atoms with Crippen LogP contribution in [0.3, 0.4) is 0 Å². The van der Waals surface area contributed by atoms with Crippen molar-refractivity contribution in [2.45, 2.75) is 117 Å². The lowest BCUT2D eigenvalue weighted by atomic mass is 10.1. The summed E-state index contributed by atoms with van der Waals surface area (Å²) in [5.41, 5.74) is 0. The number of carbonyl (C=O) groups excluding carboxylic acids is 1. The van der Waals surface area contributed by atoms with Crippen LogP contribution in [-0.2, 0) is 23.7 Å². The van der Waals surface area contributed by atoms with Crippen molar-refractivity contribution in [1.29, 1.82) is 0 Å². The molecule has 0 bridgehead atoms. The summed E-state index contributed by atoms with van der Waals surface area (Å²) in [6.45, 7) is 8.85. The predicted molar refractivity (Wildman–Crippen MR) is 129 cm³/mol. The van der Waals surface area contributed by atoms with Gasteiger partial charge in [-0.1, -0.05) is 90.9 Å². The molecule has 5 nitrogen and oxygen atoms in total. The Morgan fingerprint density at radius 3 is 1.35 bits per heavy atom. The zero-order valence-corrected chi connectivity index (χ0v) is 20.8. The van der Waals surface area contributed by atoms with Crippen LogP contribution in [0.5, 0.6) is 0 Å². The van der Waals surface area contributed by atoms with Gasteiger partial charge in [0.1, 0.15) is 0 Å². The van der Waals surface area contributed by atoms with Gasteiger partial charge >= 0.3 is 5.97 Å². The minimum absolute atomic E-state index is 0.107. The van der Waals surface area contributed by atoms with Gasteiger partial charge in [-0.25, -0.2) is 0 Å². The van der Waals surface area contributed by atoms with Gasteiger partial charge in [-0.15, -0.1) is 0 Å². The number of carbonyl (C=O) groups is 1. The Balaban J connectivity index is 3.11. The van der Waals surface area contributed by atoms with E-state index < -0.39 is 0 Å². The fourth-order valence-corrected chi connectivity index (χ4v) is 3.34. The monoisotopic (exact) mass is 444 g/mol. The van der Waals surface area contributed by atoms with Crippen molar-refractivity contribution in [3.63, 3.8) is 0 Å². The van der Waals surface area contributed by atoms with Crippen LogP contribution < -0.4 is 0 Å². The molecular weight excluding hydrogens is 392 g/mol. The molecule has 31 heavy (non-hydrogen) atoms. The normalized spacial score (nSPS) is 11.2. The molecule has 0 saturated heterocycles. The van der Waals surface area contributed by atoms with Gasteiger partial charge in [0, 0.05) is 19.6 Å². The van der Waals surface area contributed by atoms with Gasteiger partial charge in [0.15, 0.2) is 0 Å². The van der Waals surface area contributed by atoms with E-state index in [0.717, 1.165) is 25.9 Å². The quantitative estimate of drug-likeness (QED) is 0.108. The molecule has 0 aromatic heterocycles. The molecule has 0 aromatic rings. The van der Waals surface area contributed by atoms with Crippen molar-refractivity contribution in [1.82, 2.24) is 0 Å². The topological polar surface area (TPSA) is 54.0 Å². The van der Waals surface area contributed by atoms with E-state index in [1.54, 1.807) is 0 Å². The molecule has 0 atom stereocenters. The van der Waals surface area contributed by atoms with Crippen molar-refractivity contribution in [2.75, 3.05) is 46.2 Å². The molecule has 0 aromatic carbocycles. The van der Waals surface area contributed by atoms with Crippen LogP contribution >= 0.6 is 0 Å². The maximum absolute atomic E-state index is 11.7. The Kier molecular flexibility index (Phi) is 26.8.